The molecule has 0 saturated carbocycles. The Bertz CT molecular complexity index is 734. The molecule has 0 unspecified atom stereocenters. The van der Waals surface area contributed by atoms with Gasteiger partial charge in [-0.1, -0.05) is 15.9 Å². The minimum absolute atomic E-state index is 0.0631. The zero-order chi connectivity index (χ0) is 20.6. The standard InChI is InChI=1S/C17H20BrF3N2O4/c1-16(2,3)27-15(26)23-7-6-22(9-13(23)14(24)25)10-4-5-11(12(18)8-10)17(19,20)21/h4-5,8,13H,6-7,9H2,1-3H3,(H,24,25)/t13-/m0/s1. The normalized spacial score (nSPS) is 18.4. The van der Waals surface area contributed by atoms with Crippen LogP contribution in [-0.4, -0.2) is 53.3 Å². The highest BCUT2D eigenvalue weighted by atomic mass is 79.9. The van der Waals surface area contributed by atoms with Gasteiger partial charge in [-0.05, 0) is 39.0 Å². The Kier molecular flexibility index (Phi) is 5.98. The summed E-state index contributed by atoms with van der Waals surface area (Å²) in [5.74, 6) is -1.21. The van der Waals surface area contributed by atoms with Crippen LogP contribution in [0, 0.1) is 0 Å². The molecule has 1 aliphatic heterocycles. The van der Waals surface area contributed by atoms with Gasteiger partial charge in [-0.25, -0.2) is 9.59 Å². The fourth-order valence-electron chi connectivity index (χ4n) is 2.70. The number of piperazine rings is 1. The van der Waals surface area contributed by atoms with E-state index in [0.29, 0.717) is 5.69 Å². The van der Waals surface area contributed by atoms with E-state index in [9.17, 15) is 27.9 Å². The molecule has 1 saturated heterocycles. The van der Waals surface area contributed by atoms with Crippen molar-refractivity contribution in [2.45, 2.75) is 38.6 Å². The maximum absolute atomic E-state index is 12.9. The molecular weight excluding hydrogens is 433 g/mol. The zero-order valence-corrected chi connectivity index (χ0v) is 16.6. The lowest BCUT2D eigenvalue weighted by molar-refractivity contribution is -0.143. The molecule has 0 aromatic heterocycles. The first kappa shape index (κ1) is 21.3. The molecule has 1 aliphatic rings. The minimum Gasteiger partial charge on any atom is -0.480 e. The van der Waals surface area contributed by atoms with Crippen molar-refractivity contribution >= 4 is 33.7 Å². The molecule has 27 heavy (non-hydrogen) atoms. The van der Waals surface area contributed by atoms with E-state index in [2.05, 4.69) is 15.9 Å². The molecule has 1 N–H and O–H groups in total. The van der Waals surface area contributed by atoms with Crippen LogP contribution in [0.3, 0.4) is 0 Å². The summed E-state index contributed by atoms with van der Waals surface area (Å²) in [6, 6.07) is 2.35. The molecule has 1 amide bonds. The summed E-state index contributed by atoms with van der Waals surface area (Å²) in [5, 5.41) is 9.49. The maximum Gasteiger partial charge on any atom is 0.417 e. The smallest absolute Gasteiger partial charge is 0.417 e. The molecule has 0 spiro atoms. The summed E-state index contributed by atoms with van der Waals surface area (Å²) >= 11 is 2.91. The lowest BCUT2D eigenvalue weighted by Gasteiger charge is -2.40. The summed E-state index contributed by atoms with van der Waals surface area (Å²) < 4.78 is 43.8. The molecule has 2 rings (SSSR count). The van der Waals surface area contributed by atoms with Crippen molar-refractivity contribution in [2.24, 2.45) is 0 Å². The Morgan fingerprint density at radius 1 is 1.22 bits per heavy atom. The van der Waals surface area contributed by atoms with E-state index in [-0.39, 0.29) is 24.1 Å². The van der Waals surface area contributed by atoms with Gasteiger partial charge >= 0.3 is 18.2 Å². The van der Waals surface area contributed by atoms with Crippen LogP contribution in [0.5, 0.6) is 0 Å². The first-order chi connectivity index (χ1) is 12.3. The average molecular weight is 453 g/mol. The number of hydrogen-bond acceptors (Lipinski definition) is 4. The van der Waals surface area contributed by atoms with Crippen LogP contribution in [0.4, 0.5) is 23.7 Å². The molecule has 1 heterocycles. The van der Waals surface area contributed by atoms with Gasteiger partial charge in [-0.15, -0.1) is 0 Å². The van der Waals surface area contributed by atoms with Crippen molar-refractivity contribution in [1.29, 1.82) is 0 Å². The fraction of sp³-hybridized carbons (Fsp3) is 0.529. The van der Waals surface area contributed by atoms with Crippen LogP contribution in [0.25, 0.3) is 0 Å². The topological polar surface area (TPSA) is 70.1 Å². The predicted octanol–water partition coefficient (Wildman–Crippen LogP) is 3.98. The molecular formula is C17H20BrF3N2O4. The number of carboxylic acids is 1. The SMILES string of the molecule is CC(C)(C)OC(=O)N1CCN(c2ccc(C(F)(F)F)c(Br)c2)C[C@H]1C(=O)O. The third kappa shape index (κ3) is 5.27. The van der Waals surface area contributed by atoms with E-state index in [1.807, 2.05) is 0 Å². The van der Waals surface area contributed by atoms with Crippen LogP contribution < -0.4 is 4.90 Å². The lowest BCUT2D eigenvalue weighted by atomic mass is 10.1. The fourth-order valence-corrected chi connectivity index (χ4v) is 3.29. The number of benzene rings is 1. The Morgan fingerprint density at radius 2 is 1.85 bits per heavy atom. The van der Waals surface area contributed by atoms with Gasteiger partial charge in [0.05, 0.1) is 5.56 Å². The highest BCUT2D eigenvalue weighted by Gasteiger charge is 2.38. The molecule has 150 valence electrons. The largest absolute Gasteiger partial charge is 0.480 e. The maximum atomic E-state index is 12.9. The zero-order valence-electron chi connectivity index (χ0n) is 15.0. The van der Waals surface area contributed by atoms with E-state index < -0.39 is 35.4 Å². The summed E-state index contributed by atoms with van der Waals surface area (Å²) in [6.07, 6.45) is -5.22. The molecule has 6 nitrogen and oxygen atoms in total. The van der Waals surface area contributed by atoms with Crippen LogP contribution in [-0.2, 0) is 15.7 Å². The minimum atomic E-state index is -4.49. The number of carbonyl (C=O) groups is 2. The number of halogens is 4. The van der Waals surface area contributed by atoms with Gasteiger partial charge in [0.15, 0.2) is 0 Å². The summed E-state index contributed by atoms with van der Waals surface area (Å²) in [7, 11) is 0. The number of carbonyl (C=O) groups excluding carboxylic acids is 1. The van der Waals surface area contributed by atoms with Crippen LogP contribution in [0.1, 0.15) is 26.3 Å². The Morgan fingerprint density at radius 3 is 2.33 bits per heavy atom. The van der Waals surface area contributed by atoms with Gasteiger partial charge in [0.2, 0.25) is 0 Å². The van der Waals surface area contributed by atoms with Crippen LogP contribution >= 0.6 is 15.9 Å². The van der Waals surface area contributed by atoms with Crippen molar-refractivity contribution in [3.8, 4) is 0 Å². The molecule has 10 heteroatoms. The molecule has 1 aromatic carbocycles. The summed E-state index contributed by atoms with van der Waals surface area (Å²) in [4.78, 5) is 26.7. The van der Waals surface area contributed by atoms with E-state index in [0.717, 1.165) is 11.0 Å². The highest BCUT2D eigenvalue weighted by molar-refractivity contribution is 9.10. The number of rotatable bonds is 2. The van der Waals surface area contributed by atoms with Crippen molar-refractivity contribution in [1.82, 2.24) is 4.90 Å². The predicted molar refractivity (Wildman–Crippen MR) is 95.7 cm³/mol. The van der Waals surface area contributed by atoms with Crippen molar-refractivity contribution in [3.05, 3.63) is 28.2 Å². The number of alkyl halides is 3. The first-order valence-corrected chi connectivity index (χ1v) is 8.93. The second-order valence-electron chi connectivity index (χ2n) is 7.14. The summed E-state index contributed by atoms with van der Waals surface area (Å²) in [6.45, 7) is 5.31. The second-order valence-corrected chi connectivity index (χ2v) is 7.99. The highest BCUT2D eigenvalue weighted by Crippen LogP contribution is 2.37. The van der Waals surface area contributed by atoms with E-state index in [1.54, 1.807) is 25.7 Å². The monoisotopic (exact) mass is 452 g/mol. The number of aliphatic carboxylic acids is 1. The number of anilines is 1. The summed E-state index contributed by atoms with van der Waals surface area (Å²) in [5.41, 5.74) is -1.14. The molecule has 0 aliphatic carbocycles. The van der Waals surface area contributed by atoms with Gasteiger partial charge in [-0.2, -0.15) is 13.2 Å². The van der Waals surface area contributed by atoms with Crippen molar-refractivity contribution in [3.63, 3.8) is 0 Å². The Balaban J connectivity index is 2.21. The Hall–Kier alpha value is -1.97. The Labute approximate surface area is 163 Å². The van der Waals surface area contributed by atoms with Gasteiger partial charge in [-0.3, -0.25) is 4.90 Å². The van der Waals surface area contributed by atoms with E-state index in [1.165, 1.54) is 12.1 Å². The van der Waals surface area contributed by atoms with E-state index >= 15 is 0 Å². The van der Waals surface area contributed by atoms with E-state index in [4.69, 9.17) is 4.74 Å². The van der Waals surface area contributed by atoms with Crippen molar-refractivity contribution < 1.29 is 32.6 Å². The van der Waals surface area contributed by atoms with Crippen LogP contribution in [0.2, 0.25) is 0 Å². The third-order valence-electron chi connectivity index (χ3n) is 3.92. The van der Waals surface area contributed by atoms with Crippen LogP contribution in [0.15, 0.2) is 22.7 Å². The third-order valence-corrected chi connectivity index (χ3v) is 4.57. The quantitative estimate of drug-likeness (QED) is 0.734. The van der Waals surface area contributed by atoms with Crippen molar-refractivity contribution in [2.75, 3.05) is 24.5 Å². The first-order valence-electron chi connectivity index (χ1n) is 8.14. The number of ether oxygens (including phenoxy) is 1. The molecule has 1 atom stereocenters. The molecule has 0 bridgehead atoms. The average Bonchev–Trinajstić information content (AvgIpc) is 2.51. The lowest BCUT2D eigenvalue weighted by Crippen LogP contribution is -2.59. The number of amides is 1. The molecule has 1 aromatic rings. The number of carboxylic acid groups (broad SMARTS) is 1. The number of hydrogen-bond donors (Lipinski definition) is 1. The van der Waals surface area contributed by atoms with Gasteiger partial charge in [0.1, 0.15) is 11.6 Å². The van der Waals surface area contributed by atoms with Gasteiger partial charge in [0.25, 0.3) is 0 Å². The molecule has 1 fully saturated rings. The van der Waals surface area contributed by atoms with Gasteiger partial charge in [0, 0.05) is 29.8 Å². The number of nitrogens with zero attached hydrogens (tertiary/aromatic N) is 2. The van der Waals surface area contributed by atoms with Gasteiger partial charge < -0.3 is 14.7 Å². The second kappa shape index (κ2) is 7.57. The molecule has 0 radical (unpaired) electrons.